The summed E-state index contributed by atoms with van der Waals surface area (Å²) in [5.41, 5.74) is 2.59. The molecule has 0 aliphatic heterocycles. The molecule has 3 nitrogen and oxygen atoms in total. The molecule has 22 heavy (non-hydrogen) atoms. The van der Waals surface area contributed by atoms with Crippen LogP contribution < -0.4 is 4.74 Å². The molecule has 1 aromatic heterocycles. The molecule has 0 N–H and O–H groups in total. The zero-order valence-electron chi connectivity index (χ0n) is 12.3. The lowest BCUT2D eigenvalue weighted by atomic mass is 9.96. The monoisotopic (exact) mass is 335 g/mol. The van der Waals surface area contributed by atoms with Crippen molar-refractivity contribution in [2.45, 2.75) is 36.3 Å². The molecular formula is C17H18ClNO2S. The Kier molecular flexibility index (Phi) is 5.86. The fraction of sp³-hybridized carbons (Fsp3) is 0.294. The Morgan fingerprint density at radius 2 is 2.05 bits per heavy atom. The van der Waals surface area contributed by atoms with Gasteiger partial charge in [0.25, 0.3) is 0 Å². The highest BCUT2D eigenvalue weighted by atomic mass is 35.5. The van der Waals surface area contributed by atoms with E-state index in [-0.39, 0.29) is 18.4 Å². The van der Waals surface area contributed by atoms with Crippen molar-refractivity contribution < 1.29 is 9.53 Å². The molecule has 3 rings (SSSR count). The lowest BCUT2D eigenvalue weighted by molar-refractivity contribution is -0.131. The van der Waals surface area contributed by atoms with Crippen molar-refractivity contribution >= 4 is 30.1 Å². The first-order chi connectivity index (χ1) is 10.2. The summed E-state index contributed by atoms with van der Waals surface area (Å²) < 4.78 is 5.05. The van der Waals surface area contributed by atoms with E-state index >= 15 is 0 Å². The fourth-order valence-electron chi connectivity index (χ4n) is 2.60. The molecule has 116 valence electrons. The van der Waals surface area contributed by atoms with E-state index < -0.39 is 0 Å². The van der Waals surface area contributed by atoms with Crippen molar-refractivity contribution in [3.8, 4) is 5.75 Å². The van der Waals surface area contributed by atoms with Gasteiger partial charge >= 0.3 is 5.97 Å². The quantitative estimate of drug-likeness (QED) is 0.607. The number of nitrogens with zero attached hydrogens (tertiary/aromatic N) is 1. The number of carbonyl (C=O) groups is 1. The first kappa shape index (κ1) is 16.8. The summed E-state index contributed by atoms with van der Waals surface area (Å²) in [6.07, 6.45) is 5.37. The second kappa shape index (κ2) is 7.65. The maximum Gasteiger partial charge on any atom is 0.308 e. The molecule has 0 radical (unpaired) electrons. The number of aromatic nitrogens is 1. The molecule has 1 atom stereocenters. The van der Waals surface area contributed by atoms with E-state index in [9.17, 15) is 4.79 Å². The number of hydrogen-bond donors (Lipinski definition) is 0. The van der Waals surface area contributed by atoms with E-state index in [2.05, 4.69) is 11.1 Å². The molecule has 2 aromatic rings. The van der Waals surface area contributed by atoms with Gasteiger partial charge in [-0.1, -0.05) is 6.07 Å². The summed E-state index contributed by atoms with van der Waals surface area (Å²) in [6.45, 7) is 1.41. The third kappa shape index (κ3) is 4.02. The van der Waals surface area contributed by atoms with Crippen LogP contribution in [0.2, 0.25) is 0 Å². The average molecular weight is 336 g/mol. The first-order valence-electron chi connectivity index (χ1n) is 7.11. The Labute approximate surface area is 140 Å². The van der Waals surface area contributed by atoms with Crippen LogP contribution >= 0.6 is 24.2 Å². The number of rotatable bonds is 3. The van der Waals surface area contributed by atoms with Crippen LogP contribution in [0.4, 0.5) is 0 Å². The molecular weight excluding hydrogens is 318 g/mol. The molecule has 5 heteroatoms. The van der Waals surface area contributed by atoms with Gasteiger partial charge in [0.05, 0.1) is 10.9 Å². The molecule has 1 heterocycles. The van der Waals surface area contributed by atoms with E-state index in [4.69, 9.17) is 4.74 Å². The van der Waals surface area contributed by atoms with Gasteiger partial charge in [0.1, 0.15) is 5.75 Å². The lowest BCUT2D eigenvalue weighted by Gasteiger charge is -2.23. The van der Waals surface area contributed by atoms with Gasteiger partial charge in [0, 0.05) is 18.0 Å². The van der Waals surface area contributed by atoms with E-state index in [1.807, 2.05) is 48.3 Å². The predicted molar refractivity (Wildman–Crippen MR) is 90.8 cm³/mol. The zero-order valence-corrected chi connectivity index (χ0v) is 14.0. The molecule has 1 aromatic carbocycles. The van der Waals surface area contributed by atoms with Gasteiger partial charge in [-0.25, -0.2) is 0 Å². The molecule has 1 aliphatic rings. The molecule has 1 unspecified atom stereocenters. The van der Waals surface area contributed by atoms with Crippen molar-refractivity contribution in [3.63, 3.8) is 0 Å². The third-order valence-corrected chi connectivity index (χ3v) is 4.79. The molecule has 0 amide bonds. The van der Waals surface area contributed by atoms with Gasteiger partial charge in [-0.3, -0.25) is 9.78 Å². The smallest absolute Gasteiger partial charge is 0.308 e. The van der Waals surface area contributed by atoms with Crippen LogP contribution in [0.25, 0.3) is 0 Å². The number of hydrogen-bond acceptors (Lipinski definition) is 4. The average Bonchev–Trinajstić information content (AvgIpc) is 2.49. The normalized spacial score (nSPS) is 16.3. The minimum absolute atomic E-state index is 0. The van der Waals surface area contributed by atoms with Crippen molar-refractivity contribution in [2.75, 3.05) is 0 Å². The summed E-state index contributed by atoms with van der Waals surface area (Å²) in [7, 11) is 0. The highest BCUT2D eigenvalue weighted by Gasteiger charge is 2.22. The molecule has 0 bridgehead atoms. The van der Waals surface area contributed by atoms with Gasteiger partial charge in [-0.15, -0.1) is 24.2 Å². The Bertz CT molecular complexity index is 645. The summed E-state index contributed by atoms with van der Waals surface area (Å²) in [6, 6.07) is 11.9. The van der Waals surface area contributed by atoms with Crippen LogP contribution in [0.15, 0.2) is 47.5 Å². The van der Waals surface area contributed by atoms with Crippen LogP contribution in [0.1, 0.15) is 36.3 Å². The van der Waals surface area contributed by atoms with Crippen LogP contribution in [-0.4, -0.2) is 11.0 Å². The second-order valence-corrected chi connectivity index (χ2v) is 6.39. The number of pyridine rings is 1. The molecule has 0 fully saturated rings. The largest absolute Gasteiger partial charge is 0.427 e. The summed E-state index contributed by atoms with van der Waals surface area (Å²) in [5.74, 6) is 0.301. The van der Waals surface area contributed by atoms with Gasteiger partial charge in [-0.2, -0.15) is 0 Å². The zero-order chi connectivity index (χ0) is 14.7. The van der Waals surface area contributed by atoms with Crippen molar-refractivity contribution in [1.29, 1.82) is 0 Å². The summed E-state index contributed by atoms with van der Waals surface area (Å²) in [5, 5.41) is 0.412. The molecule has 0 spiro atoms. The van der Waals surface area contributed by atoms with Gasteiger partial charge in [-0.05, 0) is 55.2 Å². The molecule has 0 saturated carbocycles. The third-order valence-electron chi connectivity index (χ3n) is 3.51. The molecule has 1 aliphatic carbocycles. The Balaban J connectivity index is 0.00000176. The number of esters is 1. The van der Waals surface area contributed by atoms with Crippen molar-refractivity contribution in [3.05, 3.63) is 53.9 Å². The highest BCUT2D eigenvalue weighted by Crippen LogP contribution is 2.42. The standard InChI is InChI=1S/C17H17NO2S.ClH/c1-12(19)20-14-7-9-15(10-8-14)21-16-6-2-4-13-5-3-11-18-17(13)16;/h3,5,7-11,16H,2,4,6H2,1H3;1H. The van der Waals surface area contributed by atoms with E-state index in [0.717, 1.165) is 12.8 Å². The number of thioether (sulfide) groups is 1. The van der Waals surface area contributed by atoms with Crippen LogP contribution in [0.5, 0.6) is 5.75 Å². The van der Waals surface area contributed by atoms with Crippen LogP contribution in [0, 0.1) is 0 Å². The number of benzene rings is 1. The Morgan fingerprint density at radius 1 is 1.27 bits per heavy atom. The minimum atomic E-state index is -0.291. The fourth-order valence-corrected chi connectivity index (χ4v) is 3.83. The van der Waals surface area contributed by atoms with E-state index in [0.29, 0.717) is 11.0 Å². The van der Waals surface area contributed by atoms with Gasteiger partial charge in [0.15, 0.2) is 0 Å². The van der Waals surface area contributed by atoms with E-state index in [1.54, 1.807) is 0 Å². The number of carbonyl (C=O) groups excluding carboxylic acids is 1. The number of fused-ring (bicyclic) bond motifs is 1. The summed E-state index contributed by atoms with van der Waals surface area (Å²) in [4.78, 5) is 16.7. The Hall–Kier alpha value is -1.52. The Morgan fingerprint density at radius 3 is 2.77 bits per heavy atom. The summed E-state index contributed by atoms with van der Waals surface area (Å²) >= 11 is 1.83. The topological polar surface area (TPSA) is 39.2 Å². The SMILES string of the molecule is CC(=O)Oc1ccc(SC2CCCc3cccnc32)cc1.Cl. The highest BCUT2D eigenvalue weighted by molar-refractivity contribution is 7.99. The number of halogens is 1. The predicted octanol–water partition coefficient (Wildman–Crippen LogP) is 4.60. The van der Waals surface area contributed by atoms with Gasteiger partial charge in [0.2, 0.25) is 0 Å². The lowest BCUT2D eigenvalue weighted by Crippen LogP contribution is -2.09. The van der Waals surface area contributed by atoms with Crippen molar-refractivity contribution in [1.82, 2.24) is 4.98 Å². The van der Waals surface area contributed by atoms with E-state index in [1.165, 1.54) is 29.5 Å². The number of ether oxygens (including phenoxy) is 1. The maximum atomic E-state index is 10.9. The van der Waals surface area contributed by atoms with Crippen LogP contribution in [-0.2, 0) is 11.2 Å². The first-order valence-corrected chi connectivity index (χ1v) is 7.99. The second-order valence-electron chi connectivity index (χ2n) is 5.11. The van der Waals surface area contributed by atoms with Crippen LogP contribution in [0.3, 0.4) is 0 Å². The van der Waals surface area contributed by atoms with Gasteiger partial charge < -0.3 is 4.74 Å². The number of aryl methyl sites for hydroxylation is 1. The minimum Gasteiger partial charge on any atom is -0.427 e. The molecule has 0 saturated heterocycles. The van der Waals surface area contributed by atoms with Crippen molar-refractivity contribution in [2.24, 2.45) is 0 Å². The maximum absolute atomic E-state index is 10.9.